The van der Waals surface area contributed by atoms with Crippen molar-refractivity contribution in [2.24, 2.45) is 0 Å². The van der Waals surface area contributed by atoms with Crippen LogP contribution >= 0.6 is 0 Å². The second-order valence-corrected chi connectivity index (χ2v) is 4.81. The zero-order valence-electron chi connectivity index (χ0n) is 9.56. The maximum atomic E-state index is 11.0. The number of carboxylic acids is 1. The van der Waals surface area contributed by atoms with Crippen molar-refractivity contribution < 1.29 is 9.90 Å². The molecule has 84 valence electrons. The Kier molecular flexibility index (Phi) is 2.22. The van der Waals surface area contributed by atoms with E-state index in [1.165, 1.54) is 6.20 Å². The molecular weight excluding hydrogens is 204 g/mol. The molecule has 0 bridgehead atoms. The Morgan fingerprint density at radius 1 is 1.44 bits per heavy atom. The van der Waals surface area contributed by atoms with E-state index in [0.29, 0.717) is 5.65 Å². The number of aromatic carboxylic acids is 1. The van der Waals surface area contributed by atoms with Gasteiger partial charge in [0.05, 0.1) is 6.20 Å². The lowest BCUT2D eigenvalue weighted by atomic mass is 9.88. The van der Waals surface area contributed by atoms with E-state index >= 15 is 0 Å². The number of imidazole rings is 1. The van der Waals surface area contributed by atoms with E-state index in [-0.39, 0.29) is 11.1 Å². The fraction of sp³-hybridized carbons (Fsp3) is 0.333. The predicted octanol–water partition coefficient (Wildman–Crippen LogP) is 2.33. The molecule has 2 heterocycles. The maximum absolute atomic E-state index is 11.0. The largest absolute Gasteiger partial charge is 0.477 e. The number of hydrogen-bond donors (Lipinski definition) is 1. The summed E-state index contributed by atoms with van der Waals surface area (Å²) in [6.07, 6.45) is 3.12. The summed E-state index contributed by atoms with van der Waals surface area (Å²) < 4.78 is 1.61. The number of pyridine rings is 1. The van der Waals surface area contributed by atoms with Crippen molar-refractivity contribution in [1.82, 2.24) is 9.38 Å². The smallest absolute Gasteiger partial charge is 0.354 e. The van der Waals surface area contributed by atoms with Crippen LogP contribution in [0.3, 0.4) is 0 Å². The Bertz CT molecular complexity index is 550. The Labute approximate surface area is 93.5 Å². The summed E-state index contributed by atoms with van der Waals surface area (Å²) in [5.74, 6) is -0.960. The van der Waals surface area contributed by atoms with E-state index in [4.69, 9.17) is 5.11 Å². The van der Waals surface area contributed by atoms with Crippen LogP contribution in [0.2, 0.25) is 0 Å². The van der Waals surface area contributed by atoms with Gasteiger partial charge in [-0.1, -0.05) is 26.8 Å². The Balaban J connectivity index is 2.77. The summed E-state index contributed by atoms with van der Waals surface area (Å²) in [5.41, 5.74) is 1.90. The molecule has 0 unspecified atom stereocenters. The standard InChI is InChI=1S/C12H14N2O2/c1-12(2,3)8-5-4-6-14-9(11(15)16)7-13-10(8)14/h4-7H,1-3H3,(H,15,16). The van der Waals surface area contributed by atoms with E-state index in [1.807, 2.05) is 12.1 Å². The number of rotatable bonds is 1. The molecule has 0 aliphatic heterocycles. The highest BCUT2D eigenvalue weighted by molar-refractivity contribution is 5.86. The summed E-state index contributed by atoms with van der Waals surface area (Å²) in [7, 11) is 0. The van der Waals surface area contributed by atoms with Gasteiger partial charge in [-0.25, -0.2) is 9.78 Å². The third kappa shape index (κ3) is 1.56. The Hall–Kier alpha value is -1.84. The van der Waals surface area contributed by atoms with Crippen LogP contribution < -0.4 is 0 Å². The predicted molar refractivity (Wildman–Crippen MR) is 60.9 cm³/mol. The third-order valence-electron chi connectivity index (χ3n) is 2.56. The van der Waals surface area contributed by atoms with Crippen molar-refractivity contribution in [2.75, 3.05) is 0 Å². The Morgan fingerprint density at radius 3 is 2.69 bits per heavy atom. The van der Waals surface area contributed by atoms with Crippen LogP contribution in [0.4, 0.5) is 0 Å². The van der Waals surface area contributed by atoms with Gasteiger partial charge in [0.25, 0.3) is 0 Å². The minimum atomic E-state index is -0.960. The first-order chi connectivity index (χ1) is 7.41. The average molecular weight is 218 g/mol. The van der Waals surface area contributed by atoms with Gasteiger partial charge < -0.3 is 5.11 Å². The lowest BCUT2D eigenvalue weighted by Gasteiger charge is -2.19. The van der Waals surface area contributed by atoms with Gasteiger partial charge in [0.1, 0.15) is 5.65 Å². The minimum Gasteiger partial charge on any atom is -0.477 e. The van der Waals surface area contributed by atoms with Gasteiger partial charge in [-0.3, -0.25) is 4.40 Å². The molecule has 1 N–H and O–H groups in total. The second-order valence-electron chi connectivity index (χ2n) is 4.81. The average Bonchev–Trinajstić information content (AvgIpc) is 2.58. The molecule has 2 aromatic heterocycles. The maximum Gasteiger partial charge on any atom is 0.354 e. The molecule has 0 saturated heterocycles. The first kappa shape index (κ1) is 10.7. The summed E-state index contributed by atoms with van der Waals surface area (Å²) in [6.45, 7) is 6.24. The van der Waals surface area contributed by atoms with Gasteiger partial charge in [-0.2, -0.15) is 0 Å². The van der Waals surface area contributed by atoms with Crippen LogP contribution in [0.25, 0.3) is 5.65 Å². The number of carbonyl (C=O) groups is 1. The van der Waals surface area contributed by atoms with Crippen molar-refractivity contribution in [3.63, 3.8) is 0 Å². The van der Waals surface area contributed by atoms with Crippen LogP contribution in [-0.2, 0) is 5.41 Å². The number of fused-ring (bicyclic) bond motifs is 1. The highest BCUT2D eigenvalue weighted by atomic mass is 16.4. The molecule has 2 aromatic rings. The zero-order chi connectivity index (χ0) is 11.9. The van der Waals surface area contributed by atoms with Gasteiger partial charge in [-0.15, -0.1) is 0 Å². The molecule has 0 atom stereocenters. The molecule has 0 radical (unpaired) electrons. The summed E-state index contributed by atoms with van der Waals surface area (Å²) in [4.78, 5) is 15.2. The van der Waals surface area contributed by atoms with Crippen molar-refractivity contribution in [3.05, 3.63) is 35.8 Å². The highest BCUT2D eigenvalue weighted by Gasteiger charge is 2.20. The lowest BCUT2D eigenvalue weighted by molar-refractivity contribution is 0.0689. The first-order valence-corrected chi connectivity index (χ1v) is 5.11. The van der Waals surface area contributed by atoms with Crippen LogP contribution in [0.15, 0.2) is 24.5 Å². The lowest BCUT2D eigenvalue weighted by Crippen LogP contribution is -2.13. The molecule has 0 amide bonds. The van der Waals surface area contributed by atoms with Crippen LogP contribution in [-0.4, -0.2) is 20.5 Å². The molecule has 4 nitrogen and oxygen atoms in total. The van der Waals surface area contributed by atoms with Crippen LogP contribution in [0.5, 0.6) is 0 Å². The summed E-state index contributed by atoms with van der Waals surface area (Å²) in [5, 5.41) is 9.00. The van der Waals surface area contributed by atoms with Gasteiger partial charge >= 0.3 is 5.97 Å². The second kappa shape index (κ2) is 3.33. The van der Waals surface area contributed by atoms with E-state index in [1.54, 1.807) is 10.6 Å². The summed E-state index contributed by atoms with van der Waals surface area (Å²) >= 11 is 0. The molecular formula is C12H14N2O2. The normalized spacial score (nSPS) is 11.9. The molecule has 0 aromatic carbocycles. The fourth-order valence-corrected chi connectivity index (χ4v) is 1.75. The number of carboxylic acid groups (broad SMARTS) is 1. The van der Waals surface area contributed by atoms with E-state index in [0.717, 1.165) is 5.56 Å². The topological polar surface area (TPSA) is 54.6 Å². The van der Waals surface area contributed by atoms with E-state index in [9.17, 15) is 4.79 Å². The van der Waals surface area contributed by atoms with Gasteiger partial charge in [0.2, 0.25) is 0 Å². The number of aromatic nitrogens is 2. The third-order valence-corrected chi connectivity index (χ3v) is 2.56. The zero-order valence-corrected chi connectivity index (χ0v) is 9.56. The van der Waals surface area contributed by atoms with Crippen LogP contribution in [0, 0.1) is 0 Å². The van der Waals surface area contributed by atoms with Crippen molar-refractivity contribution in [1.29, 1.82) is 0 Å². The van der Waals surface area contributed by atoms with Gasteiger partial charge in [0.15, 0.2) is 5.69 Å². The van der Waals surface area contributed by atoms with Gasteiger partial charge in [0, 0.05) is 11.8 Å². The minimum absolute atomic E-state index is 0.0519. The summed E-state index contributed by atoms with van der Waals surface area (Å²) in [6, 6.07) is 3.83. The monoisotopic (exact) mass is 218 g/mol. The molecule has 4 heteroatoms. The van der Waals surface area contributed by atoms with E-state index in [2.05, 4.69) is 25.8 Å². The highest BCUT2D eigenvalue weighted by Crippen LogP contribution is 2.26. The van der Waals surface area contributed by atoms with Crippen molar-refractivity contribution in [2.45, 2.75) is 26.2 Å². The number of hydrogen-bond acceptors (Lipinski definition) is 2. The van der Waals surface area contributed by atoms with Crippen molar-refractivity contribution >= 4 is 11.6 Å². The first-order valence-electron chi connectivity index (χ1n) is 5.11. The molecule has 2 rings (SSSR count). The number of nitrogens with zero attached hydrogens (tertiary/aromatic N) is 2. The fourth-order valence-electron chi connectivity index (χ4n) is 1.75. The molecule has 0 fully saturated rings. The quantitative estimate of drug-likeness (QED) is 0.799. The SMILES string of the molecule is CC(C)(C)c1cccn2c(C(=O)O)cnc12. The Morgan fingerprint density at radius 2 is 2.12 bits per heavy atom. The van der Waals surface area contributed by atoms with Crippen LogP contribution in [0.1, 0.15) is 36.8 Å². The molecule has 16 heavy (non-hydrogen) atoms. The van der Waals surface area contributed by atoms with E-state index < -0.39 is 5.97 Å². The molecule has 0 aliphatic rings. The molecule has 0 saturated carbocycles. The molecule has 0 spiro atoms. The van der Waals surface area contributed by atoms with Crippen molar-refractivity contribution in [3.8, 4) is 0 Å². The van der Waals surface area contributed by atoms with Gasteiger partial charge in [-0.05, 0) is 11.5 Å². The molecule has 0 aliphatic carbocycles.